The minimum absolute atomic E-state index is 0.155. The summed E-state index contributed by atoms with van der Waals surface area (Å²) in [4.78, 5) is 12.7. The van der Waals surface area contributed by atoms with E-state index in [1.807, 2.05) is 0 Å². The number of rotatable bonds is 10. The molecule has 0 radical (unpaired) electrons. The smallest absolute Gasteiger partial charge is 0.251 e. The van der Waals surface area contributed by atoms with Gasteiger partial charge in [0.2, 0.25) is 0 Å². The molecule has 0 atom stereocenters. The molecule has 0 unspecified atom stereocenters. The van der Waals surface area contributed by atoms with Gasteiger partial charge in [-0.3, -0.25) is 9.36 Å². The number of aryl methyl sites for hydroxylation is 2. The van der Waals surface area contributed by atoms with E-state index >= 15 is 0 Å². The fourth-order valence-electron chi connectivity index (χ4n) is 3.37. The van der Waals surface area contributed by atoms with E-state index in [4.69, 9.17) is 4.74 Å². The van der Waals surface area contributed by atoms with Crippen molar-refractivity contribution < 1.29 is 9.53 Å². The number of thioether (sulfide) groups is 1. The van der Waals surface area contributed by atoms with Crippen molar-refractivity contribution in [3.63, 3.8) is 0 Å². The van der Waals surface area contributed by atoms with E-state index in [2.05, 4.69) is 59.1 Å². The highest BCUT2D eigenvalue weighted by atomic mass is 32.2. The Morgan fingerprint density at radius 3 is 2.58 bits per heavy atom. The molecular formula is C24H30N4O2S. The van der Waals surface area contributed by atoms with Gasteiger partial charge in [0.05, 0.1) is 19.3 Å². The first kappa shape index (κ1) is 22.9. The second-order valence-corrected chi connectivity index (χ2v) is 8.35. The summed E-state index contributed by atoms with van der Waals surface area (Å²) < 4.78 is 7.28. The molecule has 1 amide bonds. The van der Waals surface area contributed by atoms with Crippen molar-refractivity contribution in [1.29, 1.82) is 0 Å². The predicted molar refractivity (Wildman–Crippen MR) is 125 cm³/mol. The maximum Gasteiger partial charge on any atom is 0.251 e. The van der Waals surface area contributed by atoms with E-state index in [1.54, 1.807) is 43.1 Å². The molecular weight excluding hydrogens is 408 g/mol. The highest BCUT2D eigenvalue weighted by Gasteiger charge is 2.19. The summed E-state index contributed by atoms with van der Waals surface area (Å²) in [5, 5.41) is 12.8. The van der Waals surface area contributed by atoms with Crippen molar-refractivity contribution in [3.8, 4) is 11.4 Å². The molecule has 6 nitrogen and oxygen atoms in total. The Balaban J connectivity index is 1.88. The number of carbonyl (C=O) groups excluding carboxylic acids is 1. The number of nitrogens with one attached hydrogen (secondary N) is 1. The van der Waals surface area contributed by atoms with Crippen LogP contribution < -0.4 is 10.1 Å². The number of unbranched alkanes of at least 4 members (excludes halogenated alkanes) is 1. The number of benzene rings is 2. The van der Waals surface area contributed by atoms with E-state index in [9.17, 15) is 4.79 Å². The van der Waals surface area contributed by atoms with Gasteiger partial charge in [-0.1, -0.05) is 50.2 Å². The molecule has 0 saturated heterocycles. The van der Waals surface area contributed by atoms with Crippen LogP contribution in [0.1, 0.15) is 54.0 Å². The molecule has 0 aliphatic carbocycles. The Morgan fingerprint density at radius 2 is 1.90 bits per heavy atom. The summed E-state index contributed by atoms with van der Waals surface area (Å²) in [5.74, 6) is 2.28. The van der Waals surface area contributed by atoms with Crippen LogP contribution in [-0.4, -0.2) is 33.5 Å². The molecule has 1 heterocycles. The summed E-state index contributed by atoms with van der Waals surface area (Å²) in [6, 6.07) is 13.4. The highest BCUT2D eigenvalue weighted by Crippen LogP contribution is 2.28. The number of methoxy groups -OCH3 is 1. The van der Waals surface area contributed by atoms with Gasteiger partial charge in [-0.15, -0.1) is 10.2 Å². The summed E-state index contributed by atoms with van der Waals surface area (Å²) in [6.45, 7) is 6.73. The van der Waals surface area contributed by atoms with Crippen LogP contribution in [0.2, 0.25) is 0 Å². The number of carbonyl (C=O) groups is 1. The third-order valence-electron chi connectivity index (χ3n) is 5.11. The molecule has 0 saturated carbocycles. The molecule has 0 aliphatic heterocycles. The van der Waals surface area contributed by atoms with Crippen LogP contribution in [-0.2, 0) is 13.0 Å². The van der Waals surface area contributed by atoms with E-state index < -0.39 is 0 Å². The summed E-state index contributed by atoms with van der Waals surface area (Å²) in [6.07, 6.45) is 3.16. The number of nitrogens with zero attached hydrogens (tertiary/aromatic N) is 3. The Hall–Kier alpha value is -2.80. The average Bonchev–Trinajstić information content (AvgIpc) is 3.19. The van der Waals surface area contributed by atoms with Gasteiger partial charge < -0.3 is 10.1 Å². The SMILES string of the molecule is CCCCSc1nnc(CNC(=O)c2ccc(OC)cc2)n1-c1c(C)cccc1CC. The number of aromatic nitrogens is 3. The van der Waals surface area contributed by atoms with Crippen LogP contribution in [0.25, 0.3) is 5.69 Å². The van der Waals surface area contributed by atoms with Crippen LogP contribution in [0.15, 0.2) is 47.6 Å². The quantitative estimate of drug-likeness (QED) is 0.358. The largest absolute Gasteiger partial charge is 0.497 e. The second kappa shape index (κ2) is 11.0. The van der Waals surface area contributed by atoms with E-state index in [0.717, 1.165) is 47.4 Å². The number of hydrogen-bond acceptors (Lipinski definition) is 5. The van der Waals surface area contributed by atoms with Crippen LogP contribution in [0.4, 0.5) is 0 Å². The summed E-state index contributed by atoms with van der Waals surface area (Å²) in [5.41, 5.74) is 4.09. The number of para-hydroxylation sites is 1. The molecule has 7 heteroatoms. The Bertz CT molecular complexity index is 1010. The fourth-order valence-corrected chi connectivity index (χ4v) is 4.41. The maximum absolute atomic E-state index is 12.7. The average molecular weight is 439 g/mol. The first-order valence-electron chi connectivity index (χ1n) is 10.7. The lowest BCUT2D eigenvalue weighted by molar-refractivity contribution is 0.0949. The molecule has 0 aliphatic rings. The second-order valence-electron chi connectivity index (χ2n) is 7.28. The molecule has 1 aromatic heterocycles. The highest BCUT2D eigenvalue weighted by molar-refractivity contribution is 7.99. The van der Waals surface area contributed by atoms with Crippen LogP contribution in [0.5, 0.6) is 5.75 Å². The lowest BCUT2D eigenvalue weighted by Gasteiger charge is -2.17. The lowest BCUT2D eigenvalue weighted by atomic mass is 10.1. The molecule has 3 rings (SSSR count). The molecule has 2 aromatic carbocycles. The van der Waals surface area contributed by atoms with Crippen molar-refractivity contribution in [2.24, 2.45) is 0 Å². The van der Waals surface area contributed by atoms with Gasteiger partial charge in [-0.2, -0.15) is 0 Å². The monoisotopic (exact) mass is 438 g/mol. The minimum Gasteiger partial charge on any atom is -0.497 e. The van der Waals surface area contributed by atoms with Gasteiger partial charge in [0, 0.05) is 11.3 Å². The third kappa shape index (κ3) is 5.47. The molecule has 164 valence electrons. The zero-order chi connectivity index (χ0) is 22.2. The molecule has 0 spiro atoms. The predicted octanol–water partition coefficient (Wildman–Crippen LogP) is 4.97. The van der Waals surface area contributed by atoms with Gasteiger partial charge in [-0.25, -0.2) is 0 Å². The molecule has 31 heavy (non-hydrogen) atoms. The number of ether oxygens (including phenoxy) is 1. The lowest BCUT2D eigenvalue weighted by Crippen LogP contribution is -2.25. The van der Waals surface area contributed by atoms with Crippen molar-refractivity contribution in [2.75, 3.05) is 12.9 Å². The first-order chi connectivity index (χ1) is 15.1. The van der Waals surface area contributed by atoms with Gasteiger partial charge in [0.1, 0.15) is 5.75 Å². The Labute approximate surface area is 188 Å². The zero-order valence-corrected chi connectivity index (χ0v) is 19.5. The van der Waals surface area contributed by atoms with Crippen molar-refractivity contribution in [1.82, 2.24) is 20.1 Å². The van der Waals surface area contributed by atoms with Crippen molar-refractivity contribution >= 4 is 17.7 Å². The number of amides is 1. The standard InChI is InChI=1S/C24H30N4O2S/c1-5-7-15-31-24-27-26-21(28(24)22-17(3)9-8-10-18(22)6-2)16-25-23(29)19-11-13-20(30-4)14-12-19/h8-14H,5-7,15-16H2,1-4H3,(H,25,29). The van der Waals surface area contributed by atoms with E-state index in [0.29, 0.717) is 12.1 Å². The van der Waals surface area contributed by atoms with Crippen molar-refractivity contribution in [2.45, 2.75) is 51.7 Å². The Morgan fingerprint density at radius 1 is 1.13 bits per heavy atom. The minimum atomic E-state index is -0.155. The van der Waals surface area contributed by atoms with Gasteiger partial charge in [0.15, 0.2) is 11.0 Å². The summed E-state index contributed by atoms with van der Waals surface area (Å²) >= 11 is 1.71. The van der Waals surface area contributed by atoms with Gasteiger partial charge >= 0.3 is 0 Å². The topological polar surface area (TPSA) is 69.0 Å². The zero-order valence-electron chi connectivity index (χ0n) is 18.6. The van der Waals surface area contributed by atoms with Gasteiger partial charge in [0.25, 0.3) is 5.91 Å². The number of hydrogen-bond donors (Lipinski definition) is 1. The van der Waals surface area contributed by atoms with E-state index in [1.165, 1.54) is 11.1 Å². The van der Waals surface area contributed by atoms with Crippen LogP contribution in [0, 0.1) is 6.92 Å². The third-order valence-corrected chi connectivity index (χ3v) is 6.13. The Kier molecular flexibility index (Phi) is 8.12. The molecule has 3 aromatic rings. The fraction of sp³-hybridized carbons (Fsp3) is 0.375. The normalized spacial score (nSPS) is 10.8. The van der Waals surface area contributed by atoms with Gasteiger partial charge in [-0.05, 0) is 55.2 Å². The molecule has 0 bridgehead atoms. The molecule has 0 fully saturated rings. The summed E-state index contributed by atoms with van der Waals surface area (Å²) in [7, 11) is 1.61. The molecule has 1 N–H and O–H groups in total. The van der Waals surface area contributed by atoms with E-state index in [-0.39, 0.29) is 5.91 Å². The van der Waals surface area contributed by atoms with Crippen LogP contribution >= 0.6 is 11.8 Å². The van der Waals surface area contributed by atoms with Crippen molar-refractivity contribution in [3.05, 3.63) is 65.0 Å². The van der Waals surface area contributed by atoms with Crippen LogP contribution in [0.3, 0.4) is 0 Å². The first-order valence-corrected chi connectivity index (χ1v) is 11.7. The maximum atomic E-state index is 12.7.